The van der Waals surface area contributed by atoms with E-state index >= 15 is 0 Å². The van der Waals surface area contributed by atoms with Crippen molar-refractivity contribution in [3.63, 3.8) is 0 Å². The first-order valence-corrected chi connectivity index (χ1v) is 5.97. The molecule has 0 unspecified atom stereocenters. The standard InChI is InChI=1S/C12H18N4O/c1-3-4-5-13-12-14-6-7-16(12)9-11-8-10(2)17-15-11/h6-8H,3-5,9H2,1-2H3,(H,13,14). The van der Waals surface area contributed by atoms with E-state index < -0.39 is 0 Å². The molecule has 0 aromatic carbocycles. The molecule has 0 spiro atoms. The Labute approximate surface area is 101 Å². The number of hydrogen-bond donors (Lipinski definition) is 1. The van der Waals surface area contributed by atoms with Crippen molar-refractivity contribution >= 4 is 5.95 Å². The number of aryl methyl sites for hydroxylation is 1. The molecule has 0 saturated heterocycles. The van der Waals surface area contributed by atoms with Crippen molar-refractivity contribution in [1.82, 2.24) is 14.7 Å². The summed E-state index contributed by atoms with van der Waals surface area (Å²) in [4.78, 5) is 4.28. The molecule has 5 heteroatoms. The Bertz CT molecular complexity index is 461. The Morgan fingerprint density at radius 1 is 1.47 bits per heavy atom. The van der Waals surface area contributed by atoms with Crippen molar-refractivity contribution in [2.24, 2.45) is 0 Å². The van der Waals surface area contributed by atoms with E-state index in [0.29, 0.717) is 6.54 Å². The molecular weight excluding hydrogens is 216 g/mol. The molecule has 5 nitrogen and oxygen atoms in total. The third kappa shape index (κ3) is 3.09. The van der Waals surface area contributed by atoms with E-state index in [9.17, 15) is 0 Å². The van der Waals surface area contributed by atoms with Crippen molar-refractivity contribution in [3.8, 4) is 0 Å². The highest BCUT2D eigenvalue weighted by Crippen LogP contribution is 2.09. The van der Waals surface area contributed by atoms with Crippen LogP contribution in [0.5, 0.6) is 0 Å². The van der Waals surface area contributed by atoms with Crippen molar-refractivity contribution in [2.75, 3.05) is 11.9 Å². The topological polar surface area (TPSA) is 55.9 Å². The van der Waals surface area contributed by atoms with Gasteiger partial charge in [-0.05, 0) is 13.3 Å². The molecule has 2 aromatic rings. The number of nitrogens with zero attached hydrogens (tertiary/aromatic N) is 3. The summed E-state index contributed by atoms with van der Waals surface area (Å²) in [5.41, 5.74) is 0.916. The highest BCUT2D eigenvalue weighted by atomic mass is 16.5. The largest absolute Gasteiger partial charge is 0.361 e. The van der Waals surface area contributed by atoms with Gasteiger partial charge in [0.15, 0.2) is 0 Å². The maximum atomic E-state index is 5.05. The Hall–Kier alpha value is -1.78. The molecule has 1 N–H and O–H groups in total. The number of hydrogen-bond acceptors (Lipinski definition) is 4. The van der Waals surface area contributed by atoms with E-state index in [1.165, 1.54) is 6.42 Å². The summed E-state index contributed by atoms with van der Waals surface area (Å²) < 4.78 is 7.08. The fourth-order valence-corrected chi connectivity index (χ4v) is 1.65. The van der Waals surface area contributed by atoms with Crippen LogP contribution in [0.4, 0.5) is 5.95 Å². The molecule has 2 rings (SSSR count). The summed E-state index contributed by atoms with van der Waals surface area (Å²) >= 11 is 0. The van der Waals surface area contributed by atoms with Crippen LogP contribution in [0.25, 0.3) is 0 Å². The van der Waals surface area contributed by atoms with Gasteiger partial charge in [0.2, 0.25) is 5.95 Å². The zero-order valence-electron chi connectivity index (χ0n) is 10.3. The molecule has 0 fully saturated rings. The maximum Gasteiger partial charge on any atom is 0.203 e. The molecule has 92 valence electrons. The number of anilines is 1. The van der Waals surface area contributed by atoms with Gasteiger partial charge in [0.1, 0.15) is 11.5 Å². The lowest BCUT2D eigenvalue weighted by molar-refractivity contribution is 0.389. The van der Waals surface area contributed by atoms with Crippen LogP contribution in [0.2, 0.25) is 0 Å². The Morgan fingerprint density at radius 2 is 2.35 bits per heavy atom. The molecular formula is C12H18N4O. The van der Waals surface area contributed by atoms with Gasteiger partial charge in [0, 0.05) is 25.0 Å². The Balaban J connectivity index is 1.98. The van der Waals surface area contributed by atoms with E-state index in [1.54, 1.807) is 6.20 Å². The number of nitrogens with one attached hydrogen (secondary N) is 1. The molecule has 2 aromatic heterocycles. The van der Waals surface area contributed by atoms with Crippen LogP contribution < -0.4 is 5.32 Å². The molecule has 17 heavy (non-hydrogen) atoms. The monoisotopic (exact) mass is 234 g/mol. The normalized spacial score (nSPS) is 10.7. The second-order valence-electron chi connectivity index (χ2n) is 4.09. The minimum absolute atomic E-state index is 0.686. The van der Waals surface area contributed by atoms with Gasteiger partial charge in [-0.3, -0.25) is 0 Å². The van der Waals surface area contributed by atoms with Crippen LogP contribution in [-0.4, -0.2) is 21.3 Å². The quantitative estimate of drug-likeness (QED) is 0.780. The molecule has 0 aliphatic carbocycles. The maximum absolute atomic E-state index is 5.05. The summed E-state index contributed by atoms with van der Waals surface area (Å²) in [5.74, 6) is 1.72. The number of aromatic nitrogens is 3. The summed E-state index contributed by atoms with van der Waals surface area (Å²) in [6, 6.07) is 1.94. The Kier molecular flexibility index (Phi) is 3.80. The fourth-order valence-electron chi connectivity index (χ4n) is 1.65. The van der Waals surface area contributed by atoms with Gasteiger partial charge in [-0.15, -0.1) is 0 Å². The predicted octanol–water partition coefficient (Wildman–Crippen LogP) is 2.44. The lowest BCUT2D eigenvalue weighted by Crippen LogP contribution is -2.09. The van der Waals surface area contributed by atoms with Crippen LogP contribution in [0, 0.1) is 6.92 Å². The van der Waals surface area contributed by atoms with Gasteiger partial charge in [-0.2, -0.15) is 0 Å². The van der Waals surface area contributed by atoms with Crippen molar-refractivity contribution in [1.29, 1.82) is 0 Å². The van der Waals surface area contributed by atoms with Crippen molar-refractivity contribution < 1.29 is 4.52 Å². The second kappa shape index (κ2) is 5.52. The molecule has 0 aliphatic rings. The molecule has 0 aliphatic heterocycles. The van der Waals surface area contributed by atoms with Gasteiger partial charge >= 0.3 is 0 Å². The van der Waals surface area contributed by atoms with Crippen molar-refractivity contribution in [2.45, 2.75) is 33.2 Å². The second-order valence-corrected chi connectivity index (χ2v) is 4.09. The predicted molar refractivity (Wildman–Crippen MR) is 66.0 cm³/mol. The number of unbranched alkanes of at least 4 members (excludes halogenated alkanes) is 1. The number of rotatable bonds is 6. The fraction of sp³-hybridized carbons (Fsp3) is 0.500. The Morgan fingerprint density at radius 3 is 3.06 bits per heavy atom. The van der Waals surface area contributed by atoms with E-state index in [4.69, 9.17) is 4.52 Å². The van der Waals surface area contributed by atoms with Crippen LogP contribution >= 0.6 is 0 Å². The lowest BCUT2D eigenvalue weighted by atomic mass is 10.3. The van der Waals surface area contributed by atoms with Crippen molar-refractivity contribution in [3.05, 3.63) is 29.9 Å². The van der Waals surface area contributed by atoms with Crippen LogP contribution in [-0.2, 0) is 6.54 Å². The SMILES string of the molecule is CCCCNc1nccn1Cc1cc(C)on1. The van der Waals surface area contributed by atoms with E-state index in [2.05, 4.69) is 22.4 Å². The third-order valence-electron chi connectivity index (χ3n) is 2.54. The van der Waals surface area contributed by atoms with Crippen LogP contribution in [0.15, 0.2) is 23.0 Å². The van der Waals surface area contributed by atoms with Gasteiger partial charge in [0.05, 0.1) is 6.54 Å². The van der Waals surface area contributed by atoms with E-state index in [1.807, 2.05) is 23.8 Å². The minimum Gasteiger partial charge on any atom is -0.361 e. The molecule has 0 saturated carbocycles. The summed E-state index contributed by atoms with van der Waals surface area (Å²) in [6.07, 6.45) is 6.06. The van der Waals surface area contributed by atoms with Gasteiger partial charge in [-0.25, -0.2) is 4.98 Å². The van der Waals surface area contributed by atoms with Gasteiger partial charge in [0.25, 0.3) is 0 Å². The van der Waals surface area contributed by atoms with Crippen LogP contribution in [0.3, 0.4) is 0 Å². The average molecular weight is 234 g/mol. The molecule has 0 atom stereocenters. The third-order valence-corrected chi connectivity index (χ3v) is 2.54. The summed E-state index contributed by atoms with van der Waals surface area (Å²) in [6.45, 7) is 5.70. The van der Waals surface area contributed by atoms with Crippen LogP contribution in [0.1, 0.15) is 31.2 Å². The lowest BCUT2D eigenvalue weighted by Gasteiger charge is -2.07. The molecule has 0 bridgehead atoms. The van der Waals surface area contributed by atoms with E-state index in [0.717, 1.165) is 30.4 Å². The molecule has 0 radical (unpaired) electrons. The van der Waals surface area contributed by atoms with E-state index in [-0.39, 0.29) is 0 Å². The first-order chi connectivity index (χ1) is 8.29. The highest BCUT2D eigenvalue weighted by molar-refractivity contribution is 5.26. The molecule has 2 heterocycles. The first-order valence-electron chi connectivity index (χ1n) is 5.97. The number of imidazole rings is 1. The smallest absolute Gasteiger partial charge is 0.203 e. The summed E-state index contributed by atoms with van der Waals surface area (Å²) in [7, 11) is 0. The average Bonchev–Trinajstić information content (AvgIpc) is 2.90. The first kappa shape index (κ1) is 11.7. The summed E-state index contributed by atoms with van der Waals surface area (Å²) in [5, 5.41) is 7.29. The highest BCUT2D eigenvalue weighted by Gasteiger charge is 2.05. The van der Waals surface area contributed by atoms with Gasteiger partial charge < -0.3 is 14.4 Å². The molecule has 0 amide bonds. The minimum atomic E-state index is 0.686. The van der Waals surface area contributed by atoms with Gasteiger partial charge in [-0.1, -0.05) is 18.5 Å². The zero-order chi connectivity index (χ0) is 12.1. The zero-order valence-corrected chi connectivity index (χ0v) is 10.3.